The van der Waals surface area contributed by atoms with Gasteiger partial charge in [-0.3, -0.25) is 9.79 Å². The largest absolute Gasteiger partial charge is 0.314 e. The number of rotatable bonds is 0. The Balaban J connectivity index is 2.30. The predicted octanol–water partition coefficient (Wildman–Crippen LogP) is 0.532. The van der Waals surface area contributed by atoms with Crippen molar-refractivity contribution in [2.24, 2.45) is 4.99 Å². The average Bonchev–Trinajstić information content (AvgIpc) is 2.34. The third-order valence-corrected chi connectivity index (χ3v) is 2.82. The SMILES string of the molecule is CC1=NC2C=CSC2C(=O)N1. The van der Waals surface area contributed by atoms with Crippen LogP contribution < -0.4 is 5.32 Å². The summed E-state index contributed by atoms with van der Waals surface area (Å²) < 4.78 is 0. The summed E-state index contributed by atoms with van der Waals surface area (Å²) in [6.07, 6.45) is 1.97. The first-order chi connectivity index (χ1) is 5.27. The van der Waals surface area contributed by atoms with E-state index in [1.54, 1.807) is 0 Å². The van der Waals surface area contributed by atoms with Crippen LogP contribution in [0.5, 0.6) is 0 Å². The molecule has 0 radical (unpaired) electrons. The van der Waals surface area contributed by atoms with Gasteiger partial charge in [-0.1, -0.05) is 6.08 Å². The Morgan fingerprint density at radius 3 is 3.36 bits per heavy atom. The first-order valence-corrected chi connectivity index (χ1v) is 4.39. The van der Waals surface area contributed by atoms with Gasteiger partial charge in [-0.2, -0.15) is 0 Å². The van der Waals surface area contributed by atoms with E-state index in [0.717, 1.165) is 5.84 Å². The van der Waals surface area contributed by atoms with Gasteiger partial charge in [0.2, 0.25) is 5.91 Å². The molecule has 2 rings (SSSR count). The van der Waals surface area contributed by atoms with E-state index in [-0.39, 0.29) is 17.2 Å². The van der Waals surface area contributed by atoms with Gasteiger partial charge in [0.05, 0.1) is 6.04 Å². The number of aliphatic imine (C=N–C) groups is 1. The highest BCUT2D eigenvalue weighted by atomic mass is 32.2. The van der Waals surface area contributed by atoms with Crippen LogP contribution in [-0.4, -0.2) is 23.0 Å². The van der Waals surface area contributed by atoms with Crippen molar-refractivity contribution in [2.45, 2.75) is 18.2 Å². The summed E-state index contributed by atoms with van der Waals surface area (Å²) in [4.78, 5) is 15.5. The molecule has 0 aromatic heterocycles. The van der Waals surface area contributed by atoms with Crippen LogP contribution in [0.1, 0.15) is 6.92 Å². The fraction of sp³-hybridized carbons (Fsp3) is 0.429. The lowest BCUT2D eigenvalue weighted by Crippen LogP contribution is -2.44. The van der Waals surface area contributed by atoms with Crippen LogP contribution in [0.4, 0.5) is 0 Å². The molecule has 0 aliphatic carbocycles. The predicted molar refractivity (Wildman–Crippen MR) is 45.6 cm³/mol. The number of amides is 1. The van der Waals surface area contributed by atoms with Crippen LogP contribution in [0.25, 0.3) is 0 Å². The third kappa shape index (κ3) is 1.07. The van der Waals surface area contributed by atoms with E-state index in [1.807, 2.05) is 18.4 Å². The van der Waals surface area contributed by atoms with Gasteiger partial charge in [-0.05, 0) is 12.3 Å². The van der Waals surface area contributed by atoms with Gasteiger partial charge in [0.15, 0.2) is 0 Å². The highest BCUT2D eigenvalue weighted by Gasteiger charge is 2.33. The average molecular weight is 168 g/mol. The molecule has 0 bridgehead atoms. The Morgan fingerprint density at radius 2 is 2.55 bits per heavy atom. The third-order valence-electron chi connectivity index (χ3n) is 1.72. The first-order valence-electron chi connectivity index (χ1n) is 3.45. The minimum Gasteiger partial charge on any atom is -0.314 e. The Hall–Kier alpha value is -0.770. The quantitative estimate of drug-likeness (QED) is 0.573. The van der Waals surface area contributed by atoms with Gasteiger partial charge >= 0.3 is 0 Å². The van der Waals surface area contributed by atoms with Crippen LogP contribution in [0.15, 0.2) is 16.5 Å². The van der Waals surface area contributed by atoms with Crippen LogP contribution >= 0.6 is 11.8 Å². The monoisotopic (exact) mass is 168 g/mol. The standard InChI is InChI=1S/C7H8N2OS/c1-4-8-5-2-3-11-6(5)7(10)9-4/h2-3,5-6H,1H3,(H,8,9,10). The number of hydrogen-bond donors (Lipinski definition) is 1. The summed E-state index contributed by atoms with van der Waals surface area (Å²) in [5.41, 5.74) is 0. The topological polar surface area (TPSA) is 41.5 Å². The number of nitrogens with zero attached hydrogens (tertiary/aromatic N) is 1. The Morgan fingerprint density at radius 1 is 1.73 bits per heavy atom. The maximum Gasteiger partial charge on any atom is 0.241 e. The molecule has 3 nitrogen and oxygen atoms in total. The zero-order valence-electron chi connectivity index (χ0n) is 6.07. The van der Waals surface area contributed by atoms with Gasteiger partial charge in [-0.25, -0.2) is 0 Å². The Kier molecular flexibility index (Phi) is 1.49. The van der Waals surface area contributed by atoms with Gasteiger partial charge < -0.3 is 5.32 Å². The number of thioether (sulfide) groups is 1. The summed E-state index contributed by atoms with van der Waals surface area (Å²) in [6, 6.07) is 0.0775. The molecule has 0 aromatic rings. The van der Waals surface area contributed by atoms with E-state index in [0.29, 0.717) is 0 Å². The molecule has 11 heavy (non-hydrogen) atoms. The molecule has 0 aromatic carbocycles. The van der Waals surface area contributed by atoms with Crippen LogP contribution in [0, 0.1) is 0 Å². The molecule has 2 heterocycles. The highest BCUT2D eigenvalue weighted by Crippen LogP contribution is 2.28. The number of amidine groups is 1. The van der Waals surface area contributed by atoms with Gasteiger partial charge in [-0.15, -0.1) is 11.8 Å². The van der Waals surface area contributed by atoms with Crippen LogP contribution in [0.2, 0.25) is 0 Å². The van der Waals surface area contributed by atoms with E-state index in [1.165, 1.54) is 11.8 Å². The summed E-state index contributed by atoms with van der Waals surface area (Å²) >= 11 is 1.54. The van der Waals surface area contributed by atoms with Crippen molar-refractivity contribution in [2.75, 3.05) is 0 Å². The number of nitrogens with one attached hydrogen (secondary N) is 1. The zero-order chi connectivity index (χ0) is 7.84. The summed E-state index contributed by atoms with van der Waals surface area (Å²) in [7, 11) is 0. The van der Waals surface area contributed by atoms with Crippen molar-refractivity contribution in [1.29, 1.82) is 0 Å². The molecule has 1 amide bonds. The van der Waals surface area contributed by atoms with E-state index < -0.39 is 0 Å². The molecule has 2 atom stereocenters. The maximum atomic E-state index is 11.2. The van der Waals surface area contributed by atoms with Crippen molar-refractivity contribution in [3.63, 3.8) is 0 Å². The Bertz CT molecular complexity index is 259. The number of carbonyl (C=O) groups is 1. The molecule has 2 aliphatic rings. The van der Waals surface area contributed by atoms with Crippen molar-refractivity contribution in [1.82, 2.24) is 5.32 Å². The molecule has 2 aliphatic heterocycles. The maximum absolute atomic E-state index is 11.2. The second-order valence-corrected chi connectivity index (χ2v) is 3.63. The summed E-state index contributed by atoms with van der Waals surface area (Å²) in [6.45, 7) is 1.81. The van der Waals surface area contributed by atoms with E-state index in [9.17, 15) is 4.79 Å². The molecule has 0 saturated heterocycles. The van der Waals surface area contributed by atoms with Gasteiger partial charge in [0.1, 0.15) is 11.1 Å². The van der Waals surface area contributed by atoms with Crippen molar-refractivity contribution >= 4 is 23.5 Å². The minimum atomic E-state index is -0.0151. The van der Waals surface area contributed by atoms with Crippen LogP contribution in [-0.2, 0) is 4.79 Å². The second kappa shape index (κ2) is 2.37. The molecule has 58 valence electrons. The second-order valence-electron chi connectivity index (χ2n) is 2.58. The fourth-order valence-electron chi connectivity index (χ4n) is 1.22. The fourth-order valence-corrected chi connectivity index (χ4v) is 2.14. The molecule has 1 N–H and O–H groups in total. The number of carbonyl (C=O) groups excluding carboxylic acids is 1. The Labute approximate surface area is 69.0 Å². The molecule has 0 fully saturated rings. The van der Waals surface area contributed by atoms with E-state index in [4.69, 9.17) is 0 Å². The molecule has 0 spiro atoms. The normalized spacial score (nSPS) is 34.6. The van der Waals surface area contributed by atoms with Crippen LogP contribution in [0.3, 0.4) is 0 Å². The van der Waals surface area contributed by atoms with Crippen molar-refractivity contribution in [3.05, 3.63) is 11.5 Å². The van der Waals surface area contributed by atoms with Crippen molar-refractivity contribution < 1.29 is 4.79 Å². The van der Waals surface area contributed by atoms with E-state index in [2.05, 4.69) is 10.3 Å². The van der Waals surface area contributed by atoms with Crippen molar-refractivity contribution in [3.8, 4) is 0 Å². The number of fused-ring (bicyclic) bond motifs is 1. The highest BCUT2D eigenvalue weighted by molar-refractivity contribution is 8.03. The lowest BCUT2D eigenvalue weighted by Gasteiger charge is -2.20. The smallest absolute Gasteiger partial charge is 0.241 e. The first kappa shape index (κ1) is 6.91. The van der Waals surface area contributed by atoms with Gasteiger partial charge in [0, 0.05) is 0 Å². The molecule has 4 heteroatoms. The lowest BCUT2D eigenvalue weighted by molar-refractivity contribution is -0.119. The van der Waals surface area contributed by atoms with E-state index >= 15 is 0 Å². The summed E-state index contributed by atoms with van der Waals surface area (Å²) in [5.74, 6) is 0.806. The molecule has 2 unspecified atom stereocenters. The number of hydrogen-bond acceptors (Lipinski definition) is 3. The molecular weight excluding hydrogens is 160 g/mol. The van der Waals surface area contributed by atoms with Gasteiger partial charge in [0.25, 0.3) is 0 Å². The lowest BCUT2D eigenvalue weighted by atomic mass is 10.2. The zero-order valence-corrected chi connectivity index (χ0v) is 6.89. The summed E-state index contributed by atoms with van der Waals surface area (Å²) in [5, 5.41) is 4.63. The molecular formula is C7H8N2OS. The molecule has 0 saturated carbocycles. The minimum absolute atomic E-state index is 0.0151.